The highest BCUT2D eigenvalue weighted by Gasteiger charge is 2.15. The van der Waals surface area contributed by atoms with Crippen molar-refractivity contribution < 1.29 is 18.3 Å². The number of nitrogens with two attached hydrogens (primary N) is 1. The summed E-state index contributed by atoms with van der Waals surface area (Å²) in [6.07, 6.45) is 1.11. The lowest BCUT2D eigenvalue weighted by molar-refractivity contribution is 0.146. The molecular weight excluding hydrogens is 373 g/mol. The summed E-state index contributed by atoms with van der Waals surface area (Å²) in [4.78, 5) is 18.6. The number of hydrogen-bond donors (Lipinski definition) is 3. The maximum absolute atomic E-state index is 14.0. The number of pyridine rings is 2. The molecule has 0 radical (unpaired) electrons. The molecule has 0 atom stereocenters. The molecular formula is C18H15F3N6O. The van der Waals surface area contributed by atoms with E-state index in [0.29, 0.717) is 11.3 Å². The fourth-order valence-electron chi connectivity index (χ4n) is 2.34. The molecule has 0 aliphatic heterocycles. The Bertz CT molecular complexity index is 1030. The molecule has 0 amide bonds. The van der Waals surface area contributed by atoms with Crippen molar-refractivity contribution in [1.29, 1.82) is 0 Å². The van der Waals surface area contributed by atoms with Crippen LogP contribution >= 0.6 is 0 Å². The zero-order chi connectivity index (χ0) is 20.1. The molecule has 0 unspecified atom stereocenters. The Labute approximate surface area is 157 Å². The van der Waals surface area contributed by atoms with E-state index in [1.54, 1.807) is 12.3 Å². The van der Waals surface area contributed by atoms with Gasteiger partial charge in [-0.1, -0.05) is 6.07 Å². The fraction of sp³-hybridized carbons (Fsp3) is 0.111. The van der Waals surface area contributed by atoms with Crippen LogP contribution in [0.5, 0.6) is 0 Å². The normalized spacial score (nSPS) is 12.6. The molecule has 28 heavy (non-hydrogen) atoms. The van der Waals surface area contributed by atoms with E-state index in [9.17, 15) is 18.3 Å². The highest BCUT2D eigenvalue weighted by Crippen LogP contribution is 2.20. The molecule has 4 N–H and O–H groups in total. The van der Waals surface area contributed by atoms with Gasteiger partial charge in [-0.3, -0.25) is 4.98 Å². The first-order valence-electron chi connectivity index (χ1n) is 8.05. The molecule has 0 saturated carbocycles. The molecule has 3 aromatic rings. The Morgan fingerprint density at radius 1 is 1.25 bits per heavy atom. The van der Waals surface area contributed by atoms with Crippen molar-refractivity contribution in [1.82, 2.24) is 15.0 Å². The minimum absolute atomic E-state index is 0.0119. The molecule has 10 heteroatoms. The van der Waals surface area contributed by atoms with Crippen molar-refractivity contribution in [2.24, 2.45) is 15.7 Å². The maximum atomic E-state index is 14.0. The number of nitrogens with one attached hydrogen (secondary N) is 1. The van der Waals surface area contributed by atoms with Crippen LogP contribution in [0.15, 0.2) is 58.9 Å². The van der Waals surface area contributed by atoms with Gasteiger partial charge in [-0.25, -0.2) is 28.1 Å². The van der Waals surface area contributed by atoms with Gasteiger partial charge in [0.25, 0.3) is 6.43 Å². The number of aliphatic hydroxyl groups is 1. The first-order valence-corrected chi connectivity index (χ1v) is 8.05. The summed E-state index contributed by atoms with van der Waals surface area (Å²) in [7, 11) is 0. The van der Waals surface area contributed by atoms with Gasteiger partial charge in [0.2, 0.25) is 0 Å². The van der Waals surface area contributed by atoms with Crippen LogP contribution in [-0.4, -0.2) is 31.7 Å². The summed E-state index contributed by atoms with van der Waals surface area (Å²) >= 11 is 0. The van der Waals surface area contributed by atoms with Gasteiger partial charge in [-0.05, 0) is 24.3 Å². The standard InChI is InChI=1S/C18H15F3N6O/c19-11-8-23-6-5-12(11)26-18(15-10(9-28)4-7-24-15)27-17(22)14-3-1-2-13(25-14)16(20)21/h1-8,16,24,28H,9H2,(H2,22,23,26,27). The number of H-pyrrole nitrogens is 1. The number of aromatic nitrogens is 3. The maximum Gasteiger partial charge on any atom is 0.280 e. The smallest absolute Gasteiger partial charge is 0.280 e. The monoisotopic (exact) mass is 388 g/mol. The molecule has 0 saturated heterocycles. The van der Waals surface area contributed by atoms with Crippen molar-refractivity contribution in [3.8, 4) is 0 Å². The first kappa shape index (κ1) is 19.2. The number of aliphatic hydroxyl groups excluding tert-OH is 1. The quantitative estimate of drug-likeness (QED) is 0.461. The van der Waals surface area contributed by atoms with E-state index in [4.69, 9.17) is 5.73 Å². The molecule has 0 aliphatic rings. The van der Waals surface area contributed by atoms with Crippen LogP contribution in [0.1, 0.15) is 29.1 Å². The van der Waals surface area contributed by atoms with E-state index in [1.165, 1.54) is 24.4 Å². The first-order chi connectivity index (χ1) is 13.5. The lowest BCUT2D eigenvalue weighted by Gasteiger charge is -2.07. The SMILES string of the molecule is NC(=NC(=Nc1ccncc1F)c1[nH]ccc1CO)c1cccc(C(F)F)n1. The van der Waals surface area contributed by atoms with Gasteiger partial charge in [0.1, 0.15) is 17.1 Å². The minimum atomic E-state index is -2.77. The predicted octanol–water partition coefficient (Wildman–Crippen LogP) is 2.86. The van der Waals surface area contributed by atoms with Gasteiger partial charge in [0.15, 0.2) is 17.5 Å². The van der Waals surface area contributed by atoms with Crippen molar-refractivity contribution in [2.45, 2.75) is 13.0 Å². The molecule has 3 heterocycles. The highest BCUT2D eigenvalue weighted by atomic mass is 19.3. The van der Waals surface area contributed by atoms with Gasteiger partial charge in [0.05, 0.1) is 18.5 Å². The molecule has 0 fully saturated rings. The third-order valence-corrected chi connectivity index (χ3v) is 3.69. The predicted molar refractivity (Wildman–Crippen MR) is 97.0 cm³/mol. The van der Waals surface area contributed by atoms with Gasteiger partial charge in [-0.2, -0.15) is 0 Å². The Morgan fingerprint density at radius 3 is 2.79 bits per heavy atom. The summed E-state index contributed by atoms with van der Waals surface area (Å²) in [6, 6.07) is 6.88. The Balaban J connectivity index is 2.11. The van der Waals surface area contributed by atoms with E-state index < -0.39 is 17.9 Å². The Hall–Kier alpha value is -3.53. The lowest BCUT2D eigenvalue weighted by atomic mass is 10.2. The van der Waals surface area contributed by atoms with Crippen molar-refractivity contribution in [3.05, 3.63) is 77.4 Å². The zero-order valence-electron chi connectivity index (χ0n) is 14.4. The van der Waals surface area contributed by atoms with Crippen LogP contribution in [0.25, 0.3) is 0 Å². The third-order valence-electron chi connectivity index (χ3n) is 3.69. The van der Waals surface area contributed by atoms with Crippen molar-refractivity contribution >= 4 is 17.4 Å². The molecule has 0 aromatic carbocycles. The number of halogens is 3. The summed E-state index contributed by atoms with van der Waals surface area (Å²) in [6.45, 7) is -0.328. The van der Waals surface area contributed by atoms with Crippen LogP contribution < -0.4 is 5.73 Å². The second-order valence-electron chi connectivity index (χ2n) is 5.54. The summed E-state index contributed by atoms with van der Waals surface area (Å²) in [5, 5.41) is 9.49. The number of hydrogen-bond acceptors (Lipinski definition) is 4. The summed E-state index contributed by atoms with van der Waals surface area (Å²) < 4.78 is 39.7. The van der Waals surface area contributed by atoms with E-state index in [-0.39, 0.29) is 29.7 Å². The van der Waals surface area contributed by atoms with Crippen LogP contribution in [0, 0.1) is 5.82 Å². The highest BCUT2D eigenvalue weighted by molar-refractivity contribution is 6.10. The number of amidine groups is 2. The lowest BCUT2D eigenvalue weighted by Crippen LogP contribution is -2.19. The van der Waals surface area contributed by atoms with E-state index >= 15 is 0 Å². The number of aromatic amines is 1. The van der Waals surface area contributed by atoms with Gasteiger partial charge < -0.3 is 15.8 Å². The molecule has 0 aliphatic carbocycles. The van der Waals surface area contributed by atoms with Crippen LogP contribution in [0.2, 0.25) is 0 Å². The largest absolute Gasteiger partial charge is 0.392 e. The zero-order valence-corrected chi connectivity index (χ0v) is 14.4. The van der Waals surface area contributed by atoms with Crippen molar-refractivity contribution in [3.63, 3.8) is 0 Å². The van der Waals surface area contributed by atoms with Crippen LogP contribution in [0.4, 0.5) is 18.9 Å². The van der Waals surface area contributed by atoms with E-state index in [1.807, 2.05) is 0 Å². The van der Waals surface area contributed by atoms with E-state index in [0.717, 1.165) is 12.3 Å². The molecule has 3 rings (SSSR count). The summed E-state index contributed by atoms with van der Waals surface area (Å²) in [5.74, 6) is -0.946. The number of aliphatic imine (C=N–C) groups is 2. The topological polar surface area (TPSA) is 113 Å². The second-order valence-corrected chi connectivity index (χ2v) is 5.54. The molecule has 0 spiro atoms. The van der Waals surface area contributed by atoms with Crippen molar-refractivity contribution in [2.75, 3.05) is 0 Å². The minimum Gasteiger partial charge on any atom is -0.392 e. The summed E-state index contributed by atoms with van der Waals surface area (Å²) in [5.41, 5.74) is 6.17. The van der Waals surface area contributed by atoms with E-state index in [2.05, 4.69) is 24.9 Å². The fourth-order valence-corrected chi connectivity index (χ4v) is 2.34. The van der Waals surface area contributed by atoms with Gasteiger partial charge in [0, 0.05) is 18.0 Å². The molecule has 144 valence electrons. The van der Waals surface area contributed by atoms with Crippen LogP contribution in [-0.2, 0) is 6.61 Å². The second kappa shape index (κ2) is 8.44. The number of rotatable bonds is 5. The third kappa shape index (κ3) is 4.23. The number of alkyl halides is 2. The van der Waals surface area contributed by atoms with Gasteiger partial charge in [-0.15, -0.1) is 0 Å². The number of nitrogens with zero attached hydrogens (tertiary/aromatic N) is 4. The molecule has 7 nitrogen and oxygen atoms in total. The molecule has 3 aromatic heterocycles. The Morgan fingerprint density at radius 2 is 2.07 bits per heavy atom. The Kier molecular flexibility index (Phi) is 5.80. The average Bonchev–Trinajstić information content (AvgIpc) is 3.18. The van der Waals surface area contributed by atoms with Crippen LogP contribution in [0.3, 0.4) is 0 Å². The average molecular weight is 388 g/mol. The molecule has 0 bridgehead atoms. The van der Waals surface area contributed by atoms with Gasteiger partial charge >= 0.3 is 0 Å².